The second kappa shape index (κ2) is 5.57. The molecule has 1 aromatic carbocycles. The number of hydrogen-bond donors (Lipinski definition) is 2. The van der Waals surface area contributed by atoms with E-state index in [0.717, 1.165) is 60.3 Å². The molecule has 6 rings (SSSR count). The van der Waals surface area contributed by atoms with Crippen LogP contribution >= 0.6 is 0 Å². The van der Waals surface area contributed by atoms with Crippen LogP contribution in [-0.2, 0) is 21.2 Å². The van der Waals surface area contributed by atoms with Crippen molar-refractivity contribution in [3.8, 4) is 0 Å². The van der Waals surface area contributed by atoms with Gasteiger partial charge in [0, 0.05) is 28.3 Å². The highest BCUT2D eigenvalue weighted by atomic mass is 32.2. The van der Waals surface area contributed by atoms with Gasteiger partial charge in [0.05, 0.1) is 4.90 Å². The molecule has 0 amide bonds. The maximum atomic E-state index is 13.7. The van der Waals surface area contributed by atoms with Crippen LogP contribution < -0.4 is 10.0 Å². The molecular formula is C24H30N2O3S. The summed E-state index contributed by atoms with van der Waals surface area (Å²) in [5.41, 5.74) is 2.86. The van der Waals surface area contributed by atoms with Crippen LogP contribution in [0.4, 0.5) is 0 Å². The Labute approximate surface area is 178 Å². The summed E-state index contributed by atoms with van der Waals surface area (Å²) in [6.07, 6.45) is 8.49. The first-order valence-corrected chi connectivity index (χ1v) is 12.7. The average Bonchev–Trinajstić information content (AvgIpc) is 3.15. The molecule has 6 heteroatoms. The van der Waals surface area contributed by atoms with Gasteiger partial charge in [0.1, 0.15) is 0 Å². The first-order valence-electron chi connectivity index (χ1n) is 11.2. The lowest BCUT2D eigenvalue weighted by atomic mass is 9.38. The summed E-state index contributed by atoms with van der Waals surface area (Å²) in [4.78, 5) is 13.9. The van der Waals surface area contributed by atoms with Crippen LogP contribution in [0.1, 0.15) is 57.1 Å². The summed E-state index contributed by atoms with van der Waals surface area (Å²) in [6.45, 7) is 4.25. The molecule has 2 unspecified atom stereocenters. The number of fused-ring (bicyclic) bond motifs is 2. The SMILES string of the molecule is CNS(=O)(=O)c1ccc2c(c1)/C(=C/C(=O)C13CC4CC5CC(C1)C54C3)NC(C)(C)C2. The Morgan fingerprint density at radius 2 is 1.87 bits per heavy atom. The summed E-state index contributed by atoms with van der Waals surface area (Å²) in [7, 11) is -2.12. The van der Waals surface area contributed by atoms with Crippen molar-refractivity contribution in [2.75, 3.05) is 7.05 Å². The van der Waals surface area contributed by atoms with E-state index in [0.29, 0.717) is 5.41 Å². The van der Waals surface area contributed by atoms with E-state index in [1.54, 1.807) is 12.1 Å². The van der Waals surface area contributed by atoms with Gasteiger partial charge in [0.2, 0.25) is 10.0 Å². The first-order chi connectivity index (χ1) is 14.1. The van der Waals surface area contributed by atoms with Crippen LogP contribution in [0.15, 0.2) is 29.2 Å². The van der Waals surface area contributed by atoms with E-state index < -0.39 is 10.0 Å². The molecule has 160 valence electrons. The zero-order chi connectivity index (χ0) is 21.1. The van der Waals surface area contributed by atoms with Gasteiger partial charge in [0.25, 0.3) is 0 Å². The van der Waals surface area contributed by atoms with Crippen molar-refractivity contribution in [1.82, 2.24) is 10.0 Å². The van der Waals surface area contributed by atoms with Crippen LogP contribution in [0.2, 0.25) is 0 Å². The predicted molar refractivity (Wildman–Crippen MR) is 115 cm³/mol. The summed E-state index contributed by atoms with van der Waals surface area (Å²) >= 11 is 0. The van der Waals surface area contributed by atoms with Crippen LogP contribution in [-0.4, -0.2) is 26.8 Å². The Hall–Kier alpha value is -1.66. The highest BCUT2D eigenvalue weighted by molar-refractivity contribution is 7.89. The van der Waals surface area contributed by atoms with Crippen LogP contribution in [0.5, 0.6) is 0 Å². The van der Waals surface area contributed by atoms with Crippen molar-refractivity contribution in [3.05, 3.63) is 35.4 Å². The van der Waals surface area contributed by atoms with Crippen molar-refractivity contribution in [2.24, 2.45) is 28.6 Å². The summed E-state index contributed by atoms with van der Waals surface area (Å²) in [5, 5.41) is 3.54. The lowest BCUT2D eigenvalue weighted by Gasteiger charge is -2.66. The number of ketones is 1. The quantitative estimate of drug-likeness (QED) is 0.725. The van der Waals surface area contributed by atoms with Crippen molar-refractivity contribution in [3.63, 3.8) is 0 Å². The fourth-order valence-electron chi connectivity index (χ4n) is 7.96. The number of sulfonamides is 1. The fraction of sp³-hybridized carbons (Fsp3) is 0.625. The molecule has 0 saturated heterocycles. The van der Waals surface area contributed by atoms with E-state index >= 15 is 0 Å². The van der Waals surface area contributed by atoms with Gasteiger partial charge < -0.3 is 5.32 Å². The zero-order valence-corrected chi connectivity index (χ0v) is 18.7. The number of rotatable bonds is 4. The first kappa shape index (κ1) is 19.1. The number of carbonyl (C=O) groups excluding carboxylic acids is 1. The molecule has 0 radical (unpaired) electrons. The monoisotopic (exact) mass is 426 g/mol. The lowest BCUT2D eigenvalue weighted by molar-refractivity contribution is -0.177. The van der Waals surface area contributed by atoms with E-state index in [4.69, 9.17) is 0 Å². The van der Waals surface area contributed by atoms with Gasteiger partial charge in [-0.3, -0.25) is 4.79 Å². The molecule has 2 bridgehead atoms. The van der Waals surface area contributed by atoms with Crippen LogP contribution in [0, 0.1) is 28.6 Å². The fourth-order valence-corrected chi connectivity index (χ4v) is 8.72. The minimum Gasteiger partial charge on any atom is -0.379 e. The molecule has 1 heterocycles. The van der Waals surface area contributed by atoms with Gasteiger partial charge >= 0.3 is 0 Å². The van der Waals surface area contributed by atoms with E-state index in [2.05, 4.69) is 23.9 Å². The highest BCUT2D eigenvalue weighted by Gasteiger charge is 2.78. The number of benzene rings is 1. The van der Waals surface area contributed by atoms with E-state index in [1.807, 2.05) is 12.1 Å². The Balaban J connectivity index is 1.40. The maximum absolute atomic E-state index is 13.7. The normalized spacial score (nSPS) is 40.8. The molecule has 0 aromatic heterocycles. The second-order valence-corrected chi connectivity index (χ2v) is 13.1. The lowest BCUT2D eigenvalue weighted by Crippen LogP contribution is -2.59. The third-order valence-corrected chi connectivity index (χ3v) is 10.6. The minimum absolute atomic E-state index is 0.175. The second-order valence-electron chi connectivity index (χ2n) is 11.2. The molecule has 1 aliphatic heterocycles. The third-order valence-electron chi connectivity index (χ3n) is 9.19. The molecule has 4 saturated carbocycles. The van der Waals surface area contributed by atoms with E-state index in [-0.39, 0.29) is 21.6 Å². The van der Waals surface area contributed by atoms with Crippen LogP contribution in [0.3, 0.4) is 0 Å². The number of hydrogen-bond acceptors (Lipinski definition) is 4. The molecule has 5 nitrogen and oxygen atoms in total. The summed E-state index contributed by atoms with van der Waals surface area (Å²) < 4.78 is 27.1. The van der Waals surface area contributed by atoms with Crippen molar-refractivity contribution < 1.29 is 13.2 Å². The third kappa shape index (κ3) is 2.27. The van der Waals surface area contributed by atoms with E-state index in [1.165, 1.54) is 19.9 Å². The van der Waals surface area contributed by atoms with Gasteiger partial charge in [-0.25, -0.2) is 13.1 Å². The molecule has 30 heavy (non-hydrogen) atoms. The molecule has 1 spiro atoms. The molecule has 4 aliphatic carbocycles. The van der Waals surface area contributed by atoms with Crippen molar-refractivity contribution in [1.29, 1.82) is 0 Å². The molecule has 1 aromatic rings. The van der Waals surface area contributed by atoms with Gasteiger partial charge in [-0.1, -0.05) is 6.07 Å². The molecule has 5 aliphatic rings. The minimum atomic E-state index is -3.54. The van der Waals surface area contributed by atoms with Crippen molar-refractivity contribution in [2.45, 2.75) is 62.8 Å². The Morgan fingerprint density at radius 3 is 2.47 bits per heavy atom. The molecule has 2 atom stereocenters. The Kier molecular flexibility index (Phi) is 3.54. The zero-order valence-electron chi connectivity index (χ0n) is 17.9. The predicted octanol–water partition coefficient (Wildman–Crippen LogP) is 3.26. The molecular weight excluding hydrogens is 396 g/mol. The highest BCUT2D eigenvalue weighted by Crippen LogP contribution is 2.84. The standard InChI is InChI=1S/C24H30N2O3S/c1-22(2)10-14-4-5-18(30(28,29)25-3)8-19(14)20(26-22)9-21(27)23-11-16-6-15-7-17(12-23)24(15,16)13-23/h4-5,8-9,15-17,25-26H,6-7,10-13H2,1-3H3/b20-9-. The largest absolute Gasteiger partial charge is 0.379 e. The van der Waals surface area contributed by atoms with Gasteiger partial charge in [-0.2, -0.15) is 0 Å². The Morgan fingerprint density at radius 1 is 1.17 bits per heavy atom. The van der Waals surface area contributed by atoms with E-state index in [9.17, 15) is 13.2 Å². The number of carbonyl (C=O) groups is 1. The average molecular weight is 427 g/mol. The van der Waals surface area contributed by atoms with Crippen LogP contribution in [0.25, 0.3) is 5.70 Å². The summed E-state index contributed by atoms with van der Waals surface area (Å²) in [5.74, 6) is 2.69. The van der Waals surface area contributed by atoms with Gasteiger partial charge in [0.15, 0.2) is 5.78 Å². The van der Waals surface area contributed by atoms with Crippen molar-refractivity contribution >= 4 is 21.5 Å². The Bertz CT molecular complexity index is 1100. The molecule has 4 fully saturated rings. The topological polar surface area (TPSA) is 75.3 Å². The smallest absolute Gasteiger partial charge is 0.240 e. The molecule has 2 N–H and O–H groups in total. The number of allylic oxidation sites excluding steroid dienone is 1. The van der Waals surface area contributed by atoms with Gasteiger partial charge in [-0.05, 0) is 100 Å². The maximum Gasteiger partial charge on any atom is 0.240 e. The number of nitrogens with one attached hydrogen (secondary N) is 2. The summed E-state index contributed by atoms with van der Waals surface area (Å²) in [6, 6.07) is 5.27. The van der Waals surface area contributed by atoms with Gasteiger partial charge in [-0.15, -0.1) is 0 Å².